The van der Waals surface area contributed by atoms with E-state index in [1.807, 2.05) is 24.3 Å². The van der Waals surface area contributed by atoms with Gasteiger partial charge in [-0.25, -0.2) is 4.98 Å². The molecule has 134 valence electrons. The van der Waals surface area contributed by atoms with Crippen molar-refractivity contribution in [3.05, 3.63) is 41.9 Å². The summed E-state index contributed by atoms with van der Waals surface area (Å²) in [4.78, 5) is 34.2. The SMILES string of the molecule is CC1(C)C(=O)C(c2nc3ccccc3[nH]2)C(=N)N1C1=CC(=O)CC(O)C1. The number of hydrogen-bond acceptors (Lipinski definition) is 5. The van der Waals surface area contributed by atoms with Crippen LogP contribution in [0.1, 0.15) is 38.4 Å². The third kappa shape index (κ3) is 2.39. The number of benzene rings is 1. The number of H-pyrrole nitrogens is 1. The van der Waals surface area contributed by atoms with Gasteiger partial charge in [-0.3, -0.25) is 15.0 Å². The Hall–Kier alpha value is -2.80. The van der Waals surface area contributed by atoms with Gasteiger partial charge in [0.2, 0.25) is 0 Å². The molecule has 2 heterocycles. The molecule has 0 spiro atoms. The first kappa shape index (κ1) is 16.7. The standard InChI is InChI=1S/C19H20N4O3/c1-19(2)16(26)15(18-21-13-5-3-4-6-14(13)22-18)17(20)23(19)10-7-11(24)9-12(25)8-10/h3-7,12,15,20,25H,8-9H2,1-2H3,(H,21,22). The molecule has 4 rings (SSSR count). The largest absolute Gasteiger partial charge is 0.392 e. The number of nitrogens with zero attached hydrogens (tertiary/aromatic N) is 2. The summed E-state index contributed by atoms with van der Waals surface area (Å²) in [6, 6.07) is 7.46. The van der Waals surface area contributed by atoms with Gasteiger partial charge in [0.25, 0.3) is 0 Å². The van der Waals surface area contributed by atoms with Gasteiger partial charge in [-0.1, -0.05) is 12.1 Å². The van der Waals surface area contributed by atoms with Gasteiger partial charge in [-0.15, -0.1) is 0 Å². The number of nitrogens with one attached hydrogen (secondary N) is 2. The van der Waals surface area contributed by atoms with Gasteiger partial charge in [0.15, 0.2) is 11.6 Å². The van der Waals surface area contributed by atoms with Crippen molar-refractivity contribution in [2.75, 3.05) is 0 Å². The van der Waals surface area contributed by atoms with Crippen LogP contribution in [-0.2, 0) is 9.59 Å². The molecule has 0 saturated carbocycles. The second-order valence-corrected chi connectivity index (χ2v) is 7.38. The van der Waals surface area contributed by atoms with Crippen molar-refractivity contribution >= 4 is 28.4 Å². The van der Waals surface area contributed by atoms with Crippen LogP contribution < -0.4 is 0 Å². The van der Waals surface area contributed by atoms with Crippen LogP contribution in [0.3, 0.4) is 0 Å². The summed E-state index contributed by atoms with van der Waals surface area (Å²) in [6.45, 7) is 3.47. The molecular formula is C19H20N4O3. The number of rotatable bonds is 2. The lowest BCUT2D eigenvalue weighted by Crippen LogP contribution is -2.45. The summed E-state index contributed by atoms with van der Waals surface area (Å²) >= 11 is 0. The zero-order valence-corrected chi connectivity index (χ0v) is 14.6. The Labute approximate surface area is 150 Å². The van der Waals surface area contributed by atoms with Crippen molar-refractivity contribution in [3.8, 4) is 0 Å². The summed E-state index contributed by atoms with van der Waals surface area (Å²) in [5.41, 5.74) is 1.06. The fourth-order valence-corrected chi connectivity index (χ4v) is 3.90. The summed E-state index contributed by atoms with van der Waals surface area (Å²) in [5.74, 6) is -0.670. The highest BCUT2D eigenvalue weighted by Crippen LogP contribution is 2.40. The third-order valence-electron chi connectivity index (χ3n) is 5.12. The number of imidazole rings is 1. The van der Waals surface area contributed by atoms with Crippen LogP contribution in [-0.4, -0.2) is 49.0 Å². The second kappa shape index (κ2) is 5.60. The Morgan fingerprint density at radius 2 is 2.00 bits per heavy atom. The number of hydrogen-bond donors (Lipinski definition) is 3. The average Bonchev–Trinajstić information content (AvgIpc) is 3.03. The van der Waals surface area contributed by atoms with Gasteiger partial charge in [0.05, 0.1) is 22.7 Å². The highest BCUT2D eigenvalue weighted by atomic mass is 16.3. The van der Waals surface area contributed by atoms with Gasteiger partial charge in [0.1, 0.15) is 17.6 Å². The fraction of sp³-hybridized carbons (Fsp3) is 0.368. The minimum atomic E-state index is -0.996. The number of Topliss-reactive ketones (excluding diaryl/α,β-unsaturated/α-hetero) is 1. The number of likely N-dealkylation sites (tertiary alicyclic amines) is 1. The number of amidine groups is 1. The lowest BCUT2D eigenvalue weighted by atomic mass is 9.92. The van der Waals surface area contributed by atoms with Gasteiger partial charge in [0, 0.05) is 24.6 Å². The molecule has 1 aliphatic heterocycles. The molecule has 0 amide bonds. The van der Waals surface area contributed by atoms with E-state index in [1.165, 1.54) is 6.08 Å². The summed E-state index contributed by atoms with van der Waals surface area (Å²) in [7, 11) is 0. The minimum Gasteiger partial charge on any atom is -0.392 e. The minimum absolute atomic E-state index is 0.0754. The van der Waals surface area contributed by atoms with Crippen molar-refractivity contribution in [2.45, 2.75) is 44.2 Å². The molecule has 2 aliphatic rings. The quantitative estimate of drug-likeness (QED) is 0.764. The molecule has 0 radical (unpaired) electrons. The van der Waals surface area contributed by atoms with E-state index in [9.17, 15) is 14.7 Å². The van der Waals surface area contributed by atoms with Crippen molar-refractivity contribution in [1.82, 2.24) is 14.9 Å². The number of carbonyl (C=O) groups is 2. The molecule has 2 unspecified atom stereocenters. The molecule has 0 bridgehead atoms. The van der Waals surface area contributed by atoms with E-state index in [-0.39, 0.29) is 30.2 Å². The van der Waals surface area contributed by atoms with Crippen LogP contribution in [0.5, 0.6) is 0 Å². The number of allylic oxidation sites excluding steroid dienone is 1. The number of para-hydroxylation sites is 2. The lowest BCUT2D eigenvalue weighted by molar-refractivity contribution is -0.124. The maximum absolute atomic E-state index is 13.1. The highest BCUT2D eigenvalue weighted by molar-refractivity contribution is 6.18. The van der Waals surface area contributed by atoms with Gasteiger partial charge in [-0.05, 0) is 26.0 Å². The molecule has 26 heavy (non-hydrogen) atoms. The van der Waals surface area contributed by atoms with Crippen molar-refractivity contribution in [2.24, 2.45) is 0 Å². The lowest BCUT2D eigenvalue weighted by Gasteiger charge is -2.35. The van der Waals surface area contributed by atoms with E-state index in [1.54, 1.807) is 18.7 Å². The molecule has 1 aromatic heterocycles. The molecule has 1 aromatic carbocycles. The zero-order chi connectivity index (χ0) is 18.6. The summed E-state index contributed by atoms with van der Waals surface area (Å²) < 4.78 is 0. The molecule has 2 aromatic rings. The molecule has 1 aliphatic carbocycles. The van der Waals surface area contributed by atoms with Crippen LogP contribution in [0.2, 0.25) is 0 Å². The number of carbonyl (C=O) groups excluding carboxylic acids is 2. The molecule has 1 saturated heterocycles. The number of aliphatic hydroxyl groups is 1. The molecule has 1 fully saturated rings. The maximum Gasteiger partial charge on any atom is 0.176 e. The molecule has 2 atom stereocenters. The Balaban J connectivity index is 1.78. The van der Waals surface area contributed by atoms with Crippen LogP contribution >= 0.6 is 0 Å². The van der Waals surface area contributed by atoms with Crippen LogP contribution in [0, 0.1) is 5.41 Å². The van der Waals surface area contributed by atoms with E-state index >= 15 is 0 Å². The number of aromatic amines is 1. The second-order valence-electron chi connectivity index (χ2n) is 7.38. The van der Waals surface area contributed by atoms with Gasteiger partial charge >= 0.3 is 0 Å². The Morgan fingerprint density at radius 1 is 1.27 bits per heavy atom. The number of aromatic nitrogens is 2. The monoisotopic (exact) mass is 352 g/mol. The van der Waals surface area contributed by atoms with E-state index in [0.29, 0.717) is 11.5 Å². The van der Waals surface area contributed by atoms with Gasteiger partial charge < -0.3 is 15.0 Å². The number of aliphatic hydroxyl groups excluding tert-OH is 1. The van der Waals surface area contributed by atoms with E-state index in [0.717, 1.165) is 11.0 Å². The van der Waals surface area contributed by atoms with Crippen LogP contribution in [0.25, 0.3) is 11.0 Å². The molecule has 7 heteroatoms. The van der Waals surface area contributed by atoms with Crippen LogP contribution in [0.4, 0.5) is 0 Å². The predicted octanol–water partition coefficient (Wildman–Crippen LogP) is 1.89. The first-order chi connectivity index (χ1) is 12.3. The highest BCUT2D eigenvalue weighted by Gasteiger charge is 2.53. The average molecular weight is 352 g/mol. The van der Waals surface area contributed by atoms with E-state index in [2.05, 4.69) is 9.97 Å². The number of fused-ring (bicyclic) bond motifs is 1. The first-order valence-electron chi connectivity index (χ1n) is 8.58. The van der Waals surface area contributed by atoms with Crippen molar-refractivity contribution in [3.63, 3.8) is 0 Å². The molecular weight excluding hydrogens is 332 g/mol. The van der Waals surface area contributed by atoms with Crippen LogP contribution in [0.15, 0.2) is 36.0 Å². The summed E-state index contributed by atoms with van der Waals surface area (Å²) in [6.07, 6.45) is 0.979. The summed E-state index contributed by atoms with van der Waals surface area (Å²) in [5, 5.41) is 18.6. The predicted molar refractivity (Wildman–Crippen MR) is 95.8 cm³/mol. The fourth-order valence-electron chi connectivity index (χ4n) is 3.90. The molecule has 3 N–H and O–H groups in total. The zero-order valence-electron chi connectivity index (χ0n) is 14.6. The topological polar surface area (TPSA) is 110 Å². The maximum atomic E-state index is 13.1. The van der Waals surface area contributed by atoms with E-state index < -0.39 is 17.6 Å². The Kier molecular flexibility index (Phi) is 3.59. The van der Waals surface area contributed by atoms with Gasteiger partial charge in [-0.2, -0.15) is 0 Å². The Bertz CT molecular complexity index is 939. The normalized spacial score (nSPS) is 25.9. The third-order valence-corrected chi connectivity index (χ3v) is 5.12. The molecule has 7 nitrogen and oxygen atoms in total. The Morgan fingerprint density at radius 3 is 2.69 bits per heavy atom. The van der Waals surface area contributed by atoms with Crippen molar-refractivity contribution < 1.29 is 14.7 Å². The van der Waals surface area contributed by atoms with E-state index in [4.69, 9.17) is 5.41 Å². The first-order valence-corrected chi connectivity index (χ1v) is 8.58. The smallest absolute Gasteiger partial charge is 0.176 e. The van der Waals surface area contributed by atoms with Crippen molar-refractivity contribution in [1.29, 1.82) is 5.41 Å². The number of ketones is 2.